The Balaban J connectivity index is 1.72. The van der Waals surface area contributed by atoms with E-state index in [-0.39, 0.29) is 29.1 Å². The van der Waals surface area contributed by atoms with Gasteiger partial charge in [0.05, 0.1) is 17.1 Å². The van der Waals surface area contributed by atoms with Crippen LogP contribution >= 0.6 is 0 Å². The predicted molar refractivity (Wildman–Crippen MR) is 109 cm³/mol. The second-order valence-electron chi connectivity index (χ2n) is 8.12. The van der Waals surface area contributed by atoms with E-state index in [9.17, 15) is 13.2 Å². The fourth-order valence-corrected chi connectivity index (χ4v) is 5.78. The first-order valence-corrected chi connectivity index (χ1v) is 11.9. The Labute approximate surface area is 168 Å². The third kappa shape index (κ3) is 5.33. The average Bonchev–Trinajstić information content (AvgIpc) is 2.63. The van der Waals surface area contributed by atoms with Gasteiger partial charge >= 0.3 is 0 Å². The smallest absolute Gasteiger partial charge is 0.251 e. The molecule has 6 nitrogen and oxygen atoms in total. The van der Waals surface area contributed by atoms with Gasteiger partial charge in [-0.15, -0.1) is 0 Å². The van der Waals surface area contributed by atoms with Gasteiger partial charge in [0.15, 0.2) is 0 Å². The number of amides is 1. The Morgan fingerprint density at radius 2 is 1.64 bits per heavy atom. The van der Waals surface area contributed by atoms with Crippen molar-refractivity contribution in [2.45, 2.75) is 81.9 Å². The van der Waals surface area contributed by atoms with Gasteiger partial charge in [0.2, 0.25) is 10.0 Å². The molecule has 1 saturated heterocycles. The van der Waals surface area contributed by atoms with Crippen molar-refractivity contribution in [3.05, 3.63) is 29.8 Å². The predicted octanol–water partition coefficient (Wildman–Crippen LogP) is 3.33. The number of nitrogens with one attached hydrogen (secondary N) is 1. The van der Waals surface area contributed by atoms with E-state index in [0.29, 0.717) is 18.7 Å². The fraction of sp³-hybridized carbons (Fsp3) is 0.667. The van der Waals surface area contributed by atoms with Crippen molar-refractivity contribution >= 4 is 15.9 Å². The minimum absolute atomic E-state index is 0.149. The zero-order valence-electron chi connectivity index (χ0n) is 16.9. The lowest BCUT2D eigenvalue weighted by Gasteiger charge is -2.34. The van der Waals surface area contributed by atoms with Gasteiger partial charge in [-0.2, -0.15) is 4.31 Å². The Morgan fingerprint density at radius 1 is 1.04 bits per heavy atom. The van der Waals surface area contributed by atoms with Crippen molar-refractivity contribution < 1.29 is 17.9 Å². The van der Waals surface area contributed by atoms with Gasteiger partial charge in [-0.05, 0) is 44.9 Å². The molecule has 3 rings (SSSR count). The highest BCUT2D eigenvalue weighted by atomic mass is 32.2. The summed E-state index contributed by atoms with van der Waals surface area (Å²) < 4.78 is 33.2. The molecule has 156 valence electrons. The minimum Gasteiger partial charge on any atom is -0.373 e. The molecular formula is C21H32N2O4S. The van der Waals surface area contributed by atoms with Crippen molar-refractivity contribution in [2.75, 3.05) is 13.1 Å². The Bertz CT molecular complexity index is 762. The number of carbonyl (C=O) groups excluding carboxylic acids is 1. The van der Waals surface area contributed by atoms with E-state index in [1.807, 2.05) is 13.8 Å². The summed E-state index contributed by atoms with van der Waals surface area (Å²) in [7, 11) is -3.65. The molecule has 1 aromatic carbocycles. The quantitative estimate of drug-likeness (QED) is 0.829. The molecule has 0 bridgehead atoms. The molecule has 1 aliphatic heterocycles. The lowest BCUT2D eigenvalue weighted by molar-refractivity contribution is -0.0440. The van der Waals surface area contributed by atoms with E-state index >= 15 is 0 Å². The monoisotopic (exact) mass is 408 g/mol. The largest absolute Gasteiger partial charge is 0.373 e. The average molecular weight is 409 g/mol. The number of hydrogen-bond donors (Lipinski definition) is 1. The van der Waals surface area contributed by atoms with E-state index < -0.39 is 10.0 Å². The second kappa shape index (κ2) is 9.37. The van der Waals surface area contributed by atoms with E-state index in [4.69, 9.17) is 4.74 Å². The van der Waals surface area contributed by atoms with Crippen LogP contribution in [0, 0.1) is 0 Å². The Hall–Kier alpha value is -1.44. The molecule has 0 aromatic heterocycles. The lowest BCUT2D eigenvalue weighted by Crippen LogP contribution is -2.48. The van der Waals surface area contributed by atoms with Crippen LogP contribution in [0.5, 0.6) is 0 Å². The molecule has 0 unspecified atom stereocenters. The van der Waals surface area contributed by atoms with Crippen LogP contribution in [0.15, 0.2) is 29.2 Å². The third-order valence-corrected chi connectivity index (χ3v) is 7.39. The molecule has 28 heavy (non-hydrogen) atoms. The van der Waals surface area contributed by atoms with Crippen LogP contribution in [0.2, 0.25) is 0 Å². The molecule has 1 aromatic rings. The molecule has 7 heteroatoms. The van der Waals surface area contributed by atoms with Gasteiger partial charge in [-0.25, -0.2) is 8.42 Å². The third-order valence-electron chi connectivity index (χ3n) is 5.56. The number of carbonyl (C=O) groups is 1. The van der Waals surface area contributed by atoms with Crippen LogP contribution in [0.1, 0.15) is 69.2 Å². The number of nitrogens with zero attached hydrogens (tertiary/aromatic N) is 1. The van der Waals surface area contributed by atoms with Crippen molar-refractivity contribution in [2.24, 2.45) is 0 Å². The molecule has 1 saturated carbocycles. The first-order chi connectivity index (χ1) is 13.4. The van der Waals surface area contributed by atoms with E-state index in [0.717, 1.165) is 25.7 Å². The van der Waals surface area contributed by atoms with Crippen molar-refractivity contribution in [3.63, 3.8) is 0 Å². The number of hydrogen-bond acceptors (Lipinski definition) is 4. The molecule has 2 atom stereocenters. The highest BCUT2D eigenvalue weighted by molar-refractivity contribution is 7.89. The van der Waals surface area contributed by atoms with Crippen LogP contribution in [0.25, 0.3) is 0 Å². The summed E-state index contributed by atoms with van der Waals surface area (Å²) in [6.45, 7) is 4.39. The van der Waals surface area contributed by atoms with Crippen LogP contribution in [-0.2, 0) is 14.8 Å². The van der Waals surface area contributed by atoms with Gasteiger partial charge < -0.3 is 10.1 Å². The first-order valence-electron chi connectivity index (χ1n) is 10.4. The number of sulfonamides is 1. The molecule has 2 aliphatic rings. The van der Waals surface area contributed by atoms with Crippen LogP contribution < -0.4 is 5.32 Å². The first kappa shape index (κ1) is 21.3. The summed E-state index contributed by atoms with van der Waals surface area (Å²) in [5.41, 5.74) is 0.400. The van der Waals surface area contributed by atoms with Gasteiger partial charge in [-0.1, -0.05) is 38.2 Å². The second-order valence-corrected chi connectivity index (χ2v) is 10.1. The summed E-state index contributed by atoms with van der Waals surface area (Å²) in [6, 6.07) is 6.56. The lowest BCUT2D eigenvalue weighted by atomic mass is 9.96. The van der Waals surface area contributed by atoms with Crippen molar-refractivity contribution in [1.29, 1.82) is 0 Å². The Kier molecular flexibility index (Phi) is 7.12. The van der Waals surface area contributed by atoms with E-state index in [2.05, 4.69) is 5.32 Å². The minimum atomic E-state index is -3.65. The van der Waals surface area contributed by atoms with E-state index in [1.54, 1.807) is 18.2 Å². The zero-order chi connectivity index (χ0) is 20.1. The maximum atomic E-state index is 13.1. The maximum absolute atomic E-state index is 13.1. The topological polar surface area (TPSA) is 75.7 Å². The van der Waals surface area contributed by atoms with Crippen molar-refractivity contribution in [3.8, 4) is 0 Å². The summed E-state index contributed by atoms with van der Waals surface area (Å²) in [5, 5.41) is 3.11. The van der Waals surface area contributed by atoms with Crippen LogP contribution in [0.3, 0.4) is 0 Å². The summed E-state index contributed by atoms with van der Waals surface area (Å²) in [6.07, 6.45) is 7.67. The number of ether oxygens (including phenoxy) is 1. The summed E-state index contributed by atoms with van der Waals surface area (Å²) in [5.74, 6) is -0.189. The Morgan fingerprint density at radius 3 is 2.29 bits per heavy atom. The molecule has 2 fully saturated rings. The summed E-state index contributed by atoms with van der Waals surface area (Å²) in [4.78, 5) is 12.9. The molecular weight excluding hydrogens is 376 g/mol. The standard InChI is InChI=1S/C21H32N2O4S/c1-16-14-23(15-17(2)27-16)28(25,26)20-12-8-9-18(13-20)21(24)22-19-10-6-4-3-5-7-11-19/h8-9,12-13,16-17,19H,3-7,10-11,14-15H2,1-2H3,(H,22,24)/t16-,17-/m0/s1. The highest BCUT2D eigenvalue weighted by Crippen LogP contribution is 2.22. The fourth-order valence-electron chi connectivity index (χ4n) is 4.14. The summed E-state index contributed by atoms with van der Waals surface area (Å²) >= 11 is 0. The molecule has 1 heterocycles. The van der Waals surface area contributed by atoms with Gasteiger partial charge in [0.1, 0.15) is 0 Å². The van der Waals surface area contributed by atoms with E-state index in [1.165, 1.54) is 29.6 Å². The molecule has 0 radical (unpaired) electrons. The van der Waals surface area contributed by atoms with Gasteiger partial charge in [0, 0.05) is 24.7 Å². The molecule has 1 amide bonds. The number of rotatable bonds is 4. The number of morpholine rings is 1. The van der Waals surface area contributed by atoms with Gasteiger partial charge in [-0.3, -0.25) is 4.79 Å². The van der Waals surface area contributed by atoms with Crippen LogP contribution in [-0.4, -0.2) is 50.0 Å². The normalized spacial score (nSPS) is 25.6. The highest BCUT2D eigenvalue weighted by Gasteiger charge is 2.32. The SMILES string of the molecule is C[C@H]1CN(S(=O)(=O)c2cccc(C(=O)NC3CCCCCCC3)c2)C[C@H](C)O1. The van der Waals surface area contributed by atoms with Gasteiger partial charge in [0.25, 0.3) is 5.91 Å². The molecule has 1 aliphatic carbocycles. The van der Waals surface area contributed by atoms with Crippen LogP contribution in [0.4, 0.5) is 0 Å². The molecule has 1 N–H and O–H groups in total. The number of benzene rings is 1. The molecule has 0 spiro atoms. The van der Waals surface area contributed by atoms with Crippen molar-refractivity contribution in [1.82, 2.24) is 9.62 Å². The maximum Gasteiger partial charge on any atom is 0.251 e. The zero-order valence-corrected chi connectivity index (χ0v) is 17.7.